The Labute approximate surface area is 124 Å². The van der Waals surface area contributed by atoms with Gasteiger partial charge in [-0.05, 0) is 23.3 Å². The highest BCUT2D eigenvalue weighted by Crippen LogP contribution is 2.13. The van der Waals surface area contributed by atoms with Crippen LogP contribution in [0.15, 0.2) is 54.6 Å². The monoisotopic (exact) mass is 285 g/mol. The number of rotatable bonds is 6. The zero-order valence-electron chi connectivity index (χ0n) is 12.0. The lowest BCUT2D eigenvalue weighted by molar-refractivity contribution is 0.0916. The van der Waals surface area contributed by atoms with Crippen LogP contribution in [-0.4, -0.2) is 24.7 Å². The van der Waals surface area contributed by atoms with Crippen LogP contribution in [0.25, 0.3) is 0 Å². The van der Waals surface area contributed by atoms with Gasteiger partial charge >= 0.3 is 0 Å². The smallest absolute Gasteiger partial charge is 0.251 e. The molecule has 0 radical (unpaired) electrons. The molecule has 2 aromatic rings. The molecular weight excluding hydrogens is 266 g/mol. The Morgan fingerprint density at radius 3 is 2.38 bits per heavy atom. The van der Waals surface area contributed by atoms with Crippen molar-refractivity contribution in [2.75, 3.05) is 13.7 Å². The number of hydrogen-bond acceptors (Lipinski definition) is 3. The maximum atomic E-state index is 12.2. The fourth-order valence-electron chi connectivity index (χ4n) is 2.08. The van der Waals surface area contributed by atoms with E-state index in [4.69, 9.17) is 4.74 Å². The van der Waals surface area contributed by atoms with Crippen molar-refractivity contribution >= 4 is 5.91 Å². The van der Waals surface area contributed by atoms with Crippen molar-refractivity contribution in [3.63, 3.8) is 0 Å². The second-order valence-corrected chi connectivity index (χ2v) is 4.75. The molecule has 2 aromatic carbocycles. The Morgan fingerprint density at radius 2 is 1.81 bits per heavy atom. The third-order valence-corrected chi connectivity index (χ3v) is 3.22. The minimum absolute atomic E-state index is 0.141. The molecule has 0 heterocycles. The number of aliphatic hydroxyl groups is 1. The van der Waals surface area contributed by atoms with E-state index in [1.165, 1.54) is 0 Å². The van der Waals surface area contributed by atoms with Gasteiger partial charge in [0.25, 0.3) is 5.91 Å². The van der Waals surface area contributed by atoms with Gasteiger partial charge in [0.15, 0.2) is 0 Å². The Kier molecular flexibility index (Phi) is 5.49. The Bertz CT molecular complexity index is 566. The van der Waals surface area contributed by atoms with Gasteiger partial charge in [-0.15, -0.1) is 0 Å². The zero-order valence-corrected chi connectivity index (χ0v) is 12.0. The maximum Gasteiger partial charge on any atom is 0.251 e. The Hall–Kier alpha value is -2.17. The number of benzene rings is 2. The highest BCUT2D eigenvalue weighted by Gasteiger charge is 2.14. The summed E-state index contributed by atoms with van der Waals surface area (Å²) in [7, 11) is 1.63. The van der Waals surface area contributed by atoms with Crippen LogP contribution in [-0.2, 0) is 11.3 Å². The van der Waals surface area contributed by atoms with Gasteiger partial charge in [-0.25, -0.2) is 0 Å². The van der Waals surface area contributed by atoms with Crippen LogP contribution >= 0.6 is 0 Å². The van der Waals surface area contributed by atoms with Gasteiger partial charge in [0.1, 0.15) is 0 Å². The third-order valence-electron chi connectivity index (χ3n) is 3.22. The molecule has 21 heavy (non-hydrogen) atoms. The second-order valence-electron chi connectivity index (χ2n) is 4.75. The van der Waals surface area contributed by atoms with E-state index in [0.29, 0.717) is 12.2 Å². The van der Waals surface area contributed by atoms with Crippen molar-refractivity contribution < 1.29 is 14.6 Å². The molecule has 0 bridgehead atoms. The molecule has 2 rings (SSSR count). The van der Waals surface area contributed by atoms with Crippen molar-refractivity contribution in [2.24, 2.45) is 0 Å². The van der Waals surface area contributed by atoms with Crippen molar-refractivity contribution in [3.05, 3.63) is 71.3 Å². The quantitative estimate of drug-likeness (QED) is 0.856. The average Bonchev–Trinajstić information content (AvgIpc) is 2.54. The first-order valence-corrected chi connectivity index (χ1v) is 6.79. The summed E-state index contributed by atoms with van der Waals surface area (Å²) >= 11 is 0. The fraction of sp³-hybridized carbons (Fsp3) is 0.235. The van der Waals surface area contributed by atoms with Crippen molar-refractivity contribution in [1.82, 2.24) is 5.32 Å². The summed E-state index contributed by atoms with van der Waals surface area (Å²) in [6.45, 7) is 0.378. The first kappa shape index (κ1) is 15.2. The Morgan fingerprint density at radius 1 is 1.14 bits per heavy atom. The van der Waals surface area contributed by atoms with E-state index < -0.39 is 6.04 Å². The predicted molar refractivity (Wildman–Crippen MR) is 80.9 cm³/mol. The van der Waals surface area contributed by atoms with E-state index in [1.807, 2.05) is 42.5 Å². The van der Waals surface area contributed by atoms with Crippen molar-refractivity contribution in [3.8, 4) is 0 Å². The SMILES string of the molecule is COCc1ccc(C(=O)N[C@H](CO)c2ccccc2)cc1. The van der Waals surface area contributed by atoms with Gasteiger partial charge in [-0.2, -0.15) is 0 Å². The first-order valence-electron chi connectivity index (χ1n) is 6.79. The first-order chi connectivity index (χ1) is 10.2. The predicted octanol–water partition coefficient (Wildman–Crippen LogP) is 2.30. The molecule has 1 atom stereocenters. The minimum Gasteiger partial charge on any atom is -0.394 e. The number of amides is 1. The normalized spacial score (nSPS) is 11.9. The standard InChI is InChI=1S/C17H19NO3/c1-21-12-13-7-9-15(10-8-13)17(20)18-16(11-19)14-5-3-2-4-6-14/h2-10,16,19H,11-12H2,1H3,(H,18,20)/t16-/m1/s1. The summed E-state index contributed by atoms with van der Waals surface area (Å²) in [4.78, 5) is 12.2. The molecule has 0 aromatic heterocycles. The molecular formula is C17H19NO3. The van der Waals surface area contributed by atoms with Crippen molar-refractivity contribution in [1.29, 1.82) is 0 Å². The molecule has 0 fully saturated rings. The number of carbonyl (C=O) groups is 1. The van der Waals surface area contributed by atoms with E-state index in [9.17, 15) is 9.90 Å². The van der Waals surface area contributed by atoms with Crippen molar-refractivity contribution in [2.45, 2.75) is 12.6 Å². The van der Waals surface area contributed by atoms with Crippen LogP contribution in [0.2, 0.25) is 0 Å². The van der Waals surface area contributed by atoms with Crippen LogP contribution in [0.4, 0.5) is 0 Å². The topological polar surface area (TPSA) is 58.6 Å². The summed E-state index contributed by atoms with van der Waals surface area (Å²) in [6, 6.07) is 16.2. The van der Waals surface area contributed by atoms with E-state index >= 15 is 0 Å². The molecule has 0 aliphatic carbocycles. The van der Waals surface area contributed by atoms with Crippen LogP contribution in [0.5, 0.6) is 0 Å². The molecule has 4 nitrogen and oxygen atoms in total. The number of ether oxygens (including phenoxy) is 1. The molecule has 4 heteroatoms. The van der Waals surface area contributed by atoms with Gasteiger partial charge in [-0.3, -0.25) is 4.79 Å². The van der Waals surface area contributed by atoms with E-state index in [1.54, 1.807) is 19.2 Å². The summed E-state index contributed by atoms with van der Waals surface area (Å²) in [5, 5.41) is 12.3. The average molecular weight is 285 g/mol. The molecule has 0 aliphatic rings. The number of carbonyl (C=O) groups excluding carboxylic acids is 1. The minimum atomic E-state index is -0.405. The molecule has 0 aliphatic heterocycles. The number of hydrogen-bond donors (Lipinski definition) is 2. The molecule has 0 saturated carbocycles. The van der Waals surface area contributed by atoms with Gasteiger partial charge in [0.2, 0.25) is 0 Å². The lowest BCUT2D eigenvalue weighted by Crippen LogP contribution is -2.30. The molecule has 110 valence electrons. The molecule has 1 amide bonds. The summed E-state index contributed by atoms with van der Waals surface area (Å²) in [6.07, 6.45) is 0. The van der Waals surface area contributed by atoms with E-state index in [2.05, 4.69) is 5.32 Å². The van der Waals surface area contributed by atoms with E-state index in [-0.39, 0.29) is 12.5 Å². The summed E-state index contributed by atoms with van der Waals surface area (Å²) < 4.78 is 5.03. The summed E-state index contributed by atoms with van der Waals surface area (Å²) in [5.74, 6) is -0.207. The number of methoxy groups -OCH3 is 1. The van der Waals surface area contributed by atoms with Gasteiger partial charge in [0.05, 0.1) is 19.3 Å². The van der Waals surface area contributed by atoms with Crippen LogP contribution < -0.4 is 5.32 Å². The third kappa shape index (κ3) is 4.15. The Balaban J connectivity index is 2.05. The highest BCUT2D eigenvalue weighted by atomic mass is 16.5. The maximum absolute atomic E-state index is 12.2. The lowest BCUT2D eigenvalue weighted by Gasteiger charge is -2.16. The lowest BCUT2D eigenvalue weighted by atomic mass is 10.1. The molecule has 2 N–H and O–H groups in total. The van der Waals surface area contributed by atoms with Gasteiger partial charge in [0, 0.05) is 12.7 Å². The summed E-state index contributed by atoms with van der Waals surface area (Å²) in [5.41, 5.74) is 2.45. The fourth-order valence-corrected chi connectivity index (χ4v) is 2.08. The van der Waals surface area contributed by atoms with Crippen LogP contribution in [0, 0.1) is 0 Å². The second kappa shape index (κ2) is 7.57. The van der Waals surface area contributed by atoms with Crippen LogP contribution in [0.1, 0.15) is 27.5 Å². The van der Waals surface area contributed by atoms with E-state index in [0.717, 1.165) is 11.1 Å². The zero-order chi connectivity index (χ0) is 15.1. The van der Waals surface area contributed by atoms with Crippen LogP contribution in [0.3, 0.4) is 0 Å². The number of nitrogens with one attached hydrogen (secondary N) is 1. The van der Waals surface area contributed by atoms with Gasteiger partial charge in [-0.1, -0.05) is 42.5 Å². The number of aliphatic hydroxyl groups excluding tert-OH is 1. The van der Waals surface area contributed by atoms with Gasteiger partial charge < -0.3 is 15.2 Å². The molecule has 0 spiro atoms. The molecule has 0 saturated heterocycles. The largest absolute Gasteiger partial charge is 0.394 e. The highest BCUT2D eigenvalue weighted by molar-refractivity contribution is 5.94. The molecule has 0 unspecified atom stereocenters.